The van der Waals surface area contributed by atoms with Crippen molar-refractivity contribution in [1.29, 1.82) is 0 Å². The molecule has 0 spiro atoms. The van der Waals surface area contributed by atoms with E-state index in [9.17, 15) is 4.79 Å². The predicted octanol–water partition coefficient (Wildman–Crippen LogP) is 5.33. The monoisotopic (exact) mass is 418 g/mol. The van der Waals surface area contributed by atoms with E-state index in [0.717, 1.165) is 49.5 Å². The Labute approximate surface area is 183 Å². The zero-order valence-electron chi connectivity index (χ0n) is 17.1. The summed E-state index contributed by atoms with van der Waals surface area (Å²) in [5.74, 6) is 0.0327. The number of carbonyl (C=O) groups excluding carboxylic acids is 1. The summed E-state index contributed by atoms with van der Waals surface area (Å²) in [6, 6.07) is 26.7. The zero-order valence-corrected chi connectivity index (χ0v) is 17.8. The lowest BCUT2D eigenvalue weighted by Crippen LogP contribution is -2.44. The van der Waals surface area contributed by atoms with Crippen LogP contribution in [-0.4, -0.2) is 29.9 Å². The average Bonchev–Trinajstić information content (AvgIpc) is 2.78. The molecule has 3 aromatic carbocycles. The van der Waals surface area contributed by atoms with Gasteiger partial charge in [0.15, 0.2) is 0 Å². The van der Waals surface area contributed by atoms with Gasteiger partial charge < -0.3 is 5.32 Å². The van der Waals surface area contributed by atoms with Crippen LogP contribution in [0.5, 0.6) is 0 Å². The van der Waals surface area contributed by atoms with E-state index in [1.807, 2.05) is 42.5 Å². The normalized spacial score (nSPS) is 15.1. The summed E-state index contributed by atoms with van der Waals surface area (Å²) in [6.45, 7) is 2.97. The number of benzene rings is 3. The van der Waals surface area contributed by atoms with E-state index in [-0.39, 0.29) is 11.9 Å². The van der Waals surface area contributed by atoms with Crippen molar-refractivity contribution >= 4 is 17.5 Å². The third kappa shape index (κ3) is 5.71. The number of nitrogens with one attached hydrogen (secondary N) is 1. The van der Waals surface area contributed by atoms with Crippen LogP contribution in [0.4, 0.5) is 0 Å². The lowest BCUT2D eigenvalue weighted by molar-refractivity contribution is 0.0909. The van der Waals surface area contributed by atoms with Crippen LogP contribution in [0.1, 0.15) is 39.9 Å². The molecule has 1 amide bonds. The van der Waals surface area contributed by atoms with E-state index in [1.165, 1.54) is 16.7 Å². The Kier molecular flexibility index (Phi) is 6.83. The molecule has 1 heterocycles. The van der Waals surface area contributed by atoms with Crippen molar-refractivity contribution in [2.75, 3.05) is 13.1 Å². The molecule has 0 aromatic heterocycles. The molecule has 4 heteroatoms. The van der Waals surface area contributed by atoms with Crippen molar-refractivity contribution in [3.05, 3.63) is 106 Å². The van der Waals surface area contributed by atoms with Crippen LogP contribution in [-0.2, 0) is 13.0 Å². The van der Waals surface area contributed by atoms with Crippen LogP contribution in [0.2, 0.25) is 5.02 Å². The molecule has 0 atom stereocenters. The first-order valence-electron chi connectivity index (χ1n) is 10.6. The summed E-state index contributed by atoms with van der Waals surface area (Å²) in [5, 5.41) is 3.96. The molecule has 1 aliphatic heterocycles. The highest BCUT2D eigenvalue weighted by molar-refractivity contribution is 6.30. The van der Waals surface area contributed by atoms with Crippen molar-refractivity contribution in [2.45, 2.75) is 31.8 Å². The first kappa shape index (κ1) is 20.6. The van der Waals surface area contributed by atoms with E-state index in [1.54, 1.807) is 0 Å². The van der Waals surface area contributed by atoms with Crippen LogP contribution >= 0.6 is 11.6 Å². The van der Waals surface area contributed by atoms with Gasteiger partial charge in [-0.3, -0.25) is 9.69 Å². The Hall–Kier alpha value is -2.62. The number of rotatable bonds is 6. The Bertz CT molecular complexity index is 947. The van der Waals surface area contributed by atoms with E-state index in [2.05, 4.69) is 46.6 Å². The van der Waals surface area contributed by atoms with Crippen LogP contribution in [0, 0.1) is 0 Å². The molecule has 1 aliphatic rings. The quantitative estimate of drug-likeness (QED) is 0.587. The molecule has 0 bridgehead atoms. The van der Waals surface area contributed by atoms with Gasteiger partial charge in [-0.15, -0.1) is 0 Å². The summed E-state index contributed by atoms with van der Waals surface area (Å²) >= 11 is 5.96. The second-order valence-electron chi connectivity index (χ2n) is 8.01. The number of hydrogen-bond acceptors (Lipinski definition) is 2. The fourth-order valence-electron chi connectivity index (χ4n) is 3.95. The highest BCUT2D eigenvalue weighted by Crippen LogP contribution is 2.17. The Balaban J connectivity index is 1.24. The van der Waals surface area contributed by atoms with Crippen molar-refractivity contribution in [3.63, 3.8) is 0 Å². The minimum atomic E-state index is 0.0327. The second-order valence-corrected chi connectivity index (χ2v) is 8.45. The summed E-state index contributed by atoms with van der Waals surface area (Å²) in [6.07, 6.45) is 2.91. The topological polar surface area (TPSA) is 32.3 Å². The van der Waals surface area contributed by atoms with Gasteiger partial charge in [0.05, 0.1) is 0 Å². The van der Waals surface area contributed by atoms with E-state index < -0.39 is 0 Å². The summed E-state index contributed by atoms with van der Waals surface area (Å²) in [5.41, 5.74) is 4.65. The smallest absolute Gasteiger partial charge is 0.251 e. The van der Waals surface area contributed by atoms with E-state index in [4.69, 9.17) is 11.6 Å². The van der Waals surface area contributed by atoms with Crippen LogP contribution in [0.15, 0.2) is 78.9 Å². The average molecular weight is 419 g/mol. The van der Waals surface area contributed by atoms with Gasteiger partial charge in [-0.1, -0.05) is 66.2 Å². The molecule has 154 valence electrons. The number of amides is 1. The molecule has 0 saturated carbocycles. The van der Waals surface area contributed by atoms with Gasteiger partial charge in [0.2, 0.25) is 0 Å². The molecule has 3 nitrogen and oxygen atoms in total. The summed E-state index contributed by atoms with van der Waals surface area (Å²) < 4.78 is 0. The van der Waals surface area contributed by atoms with Crippen LogP contribution in [0.25, 0.3) is 0 Å². The van der Waals surface area contributed by atoms with Crippen LogP contribution in [0.3, 0.4) is 0 Å². The van der Waals surface area contributed by atoms with Crippen LogP contribution < -0.4 is 5.32 Å². The minimum Gasteiger partial charge on any atom is -0.349 e. The van der Waals surface area contributed by atoms with Crippen molar-refractivity contribution in [3.8, 4) is 0 Å². The molecular formula is C26H27ClN2O. The van der Waals surface area contributed by atoms with Crippen molar-refractivity contribution in [2.24, 2.45) is 0 Å². The molecule has 30 heavy (non-hydrogen) atoms. The minimum absolute atomic E-state index is 0.0327. The maximum Gasteiger partial charge on any atom is 0.251 e. The number of piperidine rings is 1. The third-order valence-electron chi connectivity index (χ3n) is 5.71. The van der Waals surface area contributed by atoms with Gasteiger partial charge in [-0.05, 0) is 60.2 Å². The van der Waals surface area contributed by atoms with Gasteiger partial charge in [0, 0.05) is 36.3 Å². The Morgan fingerprint density at radius 1 is 0.833 bits per heavy atom. The molecule has 3 aromatic rings. The fourth-order valence-corrected chi connectivity index (χ4v) is 4.08. The number of likely N-dealkylation sites (tertiary alicyclic amines) is 1. The van der Waals surface area contributed by atoms with Gasteiger partial charge in [-0.25, -0.2) is 0 Å². The van der Waals surface area contributed by atoms with Gasteiger partial charge in [-0.2, -0.15) is 0 Å². The van der Waals surface area contributed by atoms with Crippen molar-refractivity contribution in [1.82, 2.24) is 10.2 Å². The molecule has 0 aliphatic carbocycles. The van der Waals surface area contributed by atoms with Gasteiger partial charge >= 0.3 is 0 Å². The maximum absolute atomic E-state index is 12.3. The van der Waals surface area contributed by atoms with E-state index in [0.29, 0.717) is 0 Å². The molecule has 1 saturated heterocycles. The summed E-state index contributed by atoms with van der Waals surface area (Å²) in [7, 11) is 0. The number of halogens is 1. The third-order valence-corrected chi connectivity index (χ3v) is 5.96. The highest BCUT2D eigenvalue weighted by atomic mass is 35.5. The highest BCUT2D eigenvalue weighted by Gasteiger charge is 2.21. The number of carbonyl (C=O) groups is 1. The Morgan fingerprint density at radius 2 is 1.40 bits per heavy atom. The first-order valence-corrected chi connectivity index (χ1v) is 10.9. The summed E-state index contributed by atoms with van der Waals surface area (Å²) in [4.78, 5) is 14.8. The maximum atomic E-state index is 12.3. The second kappa shape index (κ2) is 9.92. The standard InChI is InChI=1S/C26H27ClN2O/c27-24-12-10-21(11-13-24)18-20-6-8-22(9-7-20)19-29-16-14-25(15-17-29)28-26(30)23-4-2-1-3-5-23/h1-13,25H,14-19H2,(H,28,30). The fraction of sp³-hybridized carbons (Fsp3) is 0.269. The largest absolute Gasteiger partial charge is 0.349 e. The van der Waals surface area contributed by atoms with Crippen molar-refractivity contribution < 1.29 is 4.79 Å². The number of hydrogen-bond donors (Lipinski definition) is 1. The number of nitrogens with zero attached hydrogens (tertiary/aromatic N) is 1. The zero-order chi connectivity index (χ0) is 20.8. The molecule has 1 fully saturated rings. The molecule has 0 radical (unpaired) electrons. The molecule has 0 unspecified atom stereocenters. The van der Waals surface area contributed by atoms with E-state index >= 15 is 0 Å². The predicted molar refractivity (Wildman–Crippen MR) is 123 cm³/mol. The lowest BCUT2D eigenvalue weighted by Gasteiger charge is -2.32. The Morgan fingerprint density at radius 3 is 2.03 bits per heavy atom. The SMILES string of the molecule is O=C(NC1CCN(Cc2ccc(Cc3ccc(Cl)cc3)cc2)CC1)c1ccccc1. The molecular weight excluding hydrogens is 392 g/mol. The lowest BCUT2D eigenvalue weighted by atomic mass is 10.0. The van der Waals surface area contributed by atoms with Gasteiger partial charge in [0.25, 0.3) is 5.91 Å². The molecule has 1 N–H and O–H groups in total. The molecule has 4 rings (SSSR count). The van der Waals surface area contributed by atoms with Gasteiger partial charge in [0.1, 0.15) is 0 Å². The first-order chi connectivity index (χ1) is 14.7.